The van der Waals surface area contributed by atoms with Crippen molar-refractivity contribution in [3.63, 3.8) is 0 Å². The molecule has 0 aliphatic carbocycles. The maximum absolute atomic E-state index is 13.0. The molecule has 0 N–H and O–H groups in total. The number of carbonyl (C=O) groups is 1. The lowest BCUT2D eigenvalue weighted by molar-refractivity contribution is 0.0658. The molecular formula is C22H21N3O4S. The quantitative estimate of drug-likeness (QED) is 0.644. The van der Waals surface area contributed by atoms with Gasteiger partial charge in [-0.1, -0.05) is 6.07 Å². The summed E-state index contributed by atoms with van der Waals surface area (Å²) in [6.07, 6.45) is 1.86. The Labute approximate surface area is 177 Å². The highest BCUT2D eigenvalue weighted by atomic mass is 32.1. The van der Waals surface area contributed by atoms with Gasteiger partial charge in [0.25, 0.3) is 11.5 Å². The normalized spacial score (nSPS) is 17.9. The second kappa shape index (κ2) is 7.95. The zero-order valence-corrected chi connectivity index (χ0v) is 17.1. The third-order valence-electron chi connectivity index (χ3n) is 5.50. The number of piperidine rings is 1. The Hall–Kier alpha value is -3.13. The van der Waals surface area contributed by atoms with Crippen LogP contribution in [0.3, 0.4) is 0 Å². The molecule has 8 heteroatoms. The number of hydrogen-bond donors (Lipinski definition) is 0. The molecule has 2 aromatic heterocycles. The second-order valence-corrected chi connectivity index (χ2v) is 8.49. The number of aromatic nitrogens is 2. The molecule has 0 bridgehead atoms. The Morgan fingerprint density at radius 3 is 2.93 bits per heavy atom. The van der Waals surface area contributed by atoms with E-state index in [9.17, 15) is 9.59 Å². The van der Waals surface area contributed by atoms with E-state index in [0.29, 0.717) is 36.7 Å². The van der Waals surface area contributed by atoms with Gasteiger partial charge >= 0.3 is 0 Å². The van der Waals surface area contributed by atoms with Crippen LogP contribution in [0.5, 0.6) is 11.5 Å². The predicted molar refractivity (Wildman–Crippen MR) is 113 cm³/mol. The van der Waals surface area contributed by atoms with Crippen LogP contribution in [-0.2, 0) is 6.54 Å². The number of likely N-dealkylation sites (tertiary alicyclic amines) is 1. The monoisotopic (exact) mass is 423 g/mol. The zero-order valence-electron chi connectivity index (χ0n) is 16.3. The average Bonchev–Trinajstić information content (AvgIpc) is 3.46. The van der Waals surface area contributed by atoms with Crippen LogP contribution in [0.4, 0.5) is 0 Å². The number of rotatable bonds is 4. The summed E-state index contributed by atoms with van der Waals surface area (Å²) in [5.41, 5.74) is 1.28. The Morgan fingerprint density at radius 2 is 2.07 bits per heavy atom. The van der Waals surface area contributed by atoms with Crippen molar-refractivity contribution in [1.29, 1.82) is 0 Å². The van der Waals surface area contributed by atoms with Gasteiger partial charge in [0.2, 0.25) is 6.79 Å². The third kappa shape index (κ3) is 3.70. The SMILES string of the molecule is O=C(c1ccc2c(c1)OCO2)N1CCC[C@@H](Cn2nc(-c3cccs3)ccc2=O)C1. The van der Waals surface area contributed by atoms with Crippen molar-refractivity contribution in [1.82, 2.24) is 14.7 Å². The van der Waals surface area contributed by atoms with Gasteiger partial charge in [-0.3, -0.25) is 9.59 Å². The topological polar surface area (TPSA) is 73.7 Å². The van der Waals surface area contributed by atoms with E-state index >= 15 is 0 Å². The molecule has 1 saturated heterocycles. The first kappa shape index (κ1) is 18.9. The average molecular weight is 423 g/mol. The maximum atomic E-state index is 13.0. The fraction of sp³-hybridized carbons (Fsp3) is 0.318. The van der Waals surface area contributed by atoms with Crippen molar-refractivity contribution in [2.75, 3.05) is 19.9 Å². The van der Waals surface area contributed by atoms with Crippen molar-refractivity contribution in [3.8, 4) is 22.1 Å². The van der Waals surface area contributed by atoms with Crippen LogP contribution in [0.1, 0.15) is 23.2 Å². The molecule has 1 fully saturated rings. The van der Waals surface area contributed by atoms with Crippen molar-refractivity contribution in [2.45, 2.75) is 19.4 Å². The molecule has 5 rings (SSSR count). The Balaban J connectivity index is 1.31. The minimum Gasteiger partial charge on any atom is -0.454 e. The van der Waals surface area contributed by atoms with Gasteiger partial charge in [-0.2, -0.15) is 5.10 Å². The Bertz CT molecular complexity index is 1130. The van der Waals surface area contributed by atoms with E-state index in [-0.39, 0.29) is 24.2 Å². The van der Waals surface area contributed by atoms with Gasteiger partial charge < -0.3 is 14.4 Å². The van der Waals surface area contributed by atoms with Crippen molar-refractivity contribution >= 4 is 17.2 Å². The predicted octanol–water partition coefficient (Wildman–Crippen LogP) is 3.25. The van der Waals surface area contributed by atoms with Crippen LogP contribution in [0.15, 0.2) is 52.6 Å². The van der Waals surface area contributed by atoms with Gasteiger partial charge in [-0.15, -0.1) is 11.3 Å². The van der Waals surface area contributed by atoms with Crippen LogP contribution >= 0.6 is 11.3 Å². The summed E-state index contributed by atoms with van der Waals surface area (Å²) in [6.45, 7) is 2.00. The molecule has 4 heterocycles. The highest BCUT2D eigenvalue weighted by Gasteiger charge is 2.26. The summed E-state index contributed by atoms with van der Waals surface area (Å²) < 4.78 is 12.3. The molecule has 0 radical (unpaired) electrons. The van der Waals surface area contributed by atoms with Crippen LogP contribution in [0.2, 0.25) is 0 Å². The third-order valence-corrected chi connectivity index (χ3v) is 6.39. The first-order chi connectivity index (χ1) is 14.7. The summed E-state index contributed by atoms with van der Waals surface area (Å²) in [5.74, 6) is 1.43. The molecule has 2 aliphatic rings. The molecule has 1 atom stereocenters. The number of thiophene rings is 1. The summed E-state index contributed by atoms with van der Waals surface area (Å²) in [6, 6.07) is 12.6. The lowest BCUT2D eigenvalue weighted by atomic mass is 9.97. The lowest BCUT2D eigenvalue weighted by Gasteiger charge is -2.33. The van der Waals surface area contributed by atoms with E-state index in [1.165, 1.54) is 4.68 Å². The van der Waals surface area contributed by atoms with Crippen molar-refractivity contribution in [3.05, 3.63) is 63.8 Å². The van der Waals surface area contributed by atoms with Crippen LogP contribution in [-0.4, -0.2) is 40.5 Å². The number of fused-ring (bicyclic) bond motifs is 1. The Kier molecular flexibility index (Phi) is 5.00. The number of hydrogen-bond acceptors (Lipinski definition) is 6. The molecular weight excluding hydrogens is 402 g/mol. The van der Waals surface area contributed by atoms with Gasteiger partial charge in [-0.25, -0.2) is 4.68 Å². The Morgan fingerprint density at radius 1 is 1.17 bits per heavy atom. The second-order valence-electron chi connectivity index (χ2n) is 7.54. The number of ether oxygens (including phenoxy) is 2. The van der Waals surface area contributed by atoms with E-state index in [0.717, 1.165) is 23.4 Å². The molecule has 154 valence electrons. The van der Waals surface area contributed by atoms with Crippen LogP contribution in [0, 0.1) is 5.92 Å². The first-order valence-electron chi connectivity index (χ1n) is 9.98. The highest BCUT2D eigenvalue weighted by Crippen LogP contribution is 2.33. The van der Waals surface area contributed by atoms with Gasteiger partial charge in [-0.05, 0) is 54.5 Å². The van der Waals surface area contributed by atoms with E-state index in [2.05, 4.69) is 5.10 Å². The molecule has 30 heavy (non-hydrogen) atoms. The molecule has 0 spiro atoms. The first-order valence-corrected chi connectivity index (χ1v) is 10.9. The van der Waals surface area contributed by atoms with Crippen LogP contribution < -0.4 is 15.0 Å². The number of benzene rings is 1. The largest absolute Gasteiger partial charge is 0.454 e. The van der Waals surface area contributed by atoms with E-state index in [4.69, 9.17) is 9.47 Å². The maximum Gasteiger partial charge on any atom is 0.266 e. The summed E-state index contributed by atoms with van der Waals surface area (Å²) in [4.78, 5) is 28.3. The molecule has 7 nitrogen and oxygen atoms in total. The van der Waals surface area contributed by atoms with E-state index < -0.39 is 0 Å². The summed E-state index contributed by atoms with van der Waals surface area (Å²) in [7, 11) is 0. The molecule has 2 aliphatic heterocycles. The van der Waals surface area contributed by atoms with Gasteiger partial charge in [0.1, 0.15) is 5.69 Å². The molecule has 0 unspecified atom stereocenters. The number of carbonyl (C=O) groups excluding carboxylic acids is 1. The lowest BCUT2D eigenvalue weighted by Crippen LogP contribution is -2.42. The smallest absolute Gasteiger partial charge is 0.266 e. The highest BCUT2D eigenvalue weighted by molar-refractivity contribution is 7.13. The zero-order chi connectivity index (χ0) is 20.5. The van der Waals surface area contributed by atoms with Gasteiger partial charge in [0.15, 0.2) is 11.5 Å². The standard InChI is InChI=1S/C22H21N3O4S/c26-21-8-6-17(20-4-2-10-30-20)23-25(21)13-15-3-1-9-24(12-15)22(27)16-5-7-18-19(11-16)29-14-28-18/h2,4-8,10-11,15H,1,3,9,12-14H2/t15-/m1/s1. The van der Waals surface area contributed by atoms with Gasteiger partial charge in [0, 0.05) is 31.3 Å². The summed E-state index contributed by atoms with van der Waals surface area (Å²) in [5, 5.41) is 6.55. The minimum absolute atomic E-state index is 0.0226. The van der Waals surface area contributed by atoms with Gasteiger partial charge in [0.05, 0.1) is 4.88 Å². The van der Waals surface area contributed by atoms with E-state index in [1.807, 2.05) is 22.4 Å². The molecule has 0 saturated carbocycles. The van der Waals surface area contributed by atoms with Crippen molar-refractivity contribution < 1.29 is 14.3 Å². The summed E-state index contributed by atoms with van der Waals surface area (Å²) >= 11 is 1.60. The number of nitrogens with zero attached hydrogens (tertiary/aromatic N) is 3. The molecule has 1 amide bonds. The van der Waals surface area contributed by atoms with Crippen LogP contribution in [0.25, 0.3) is 10.6 Å². The molecule has 1 aromatic carbocycles. The number of amides is 1. The minimum atomic E-state index is -0.116. The fourth-order valence-electron chi connectivity index (χ4n) is 3.99. The van der Waals surface area contributed by atoms with E-state index in [1.54, 1.807) is 41.7 Å². The molecule has 3 aromatic rings. The van der Waals surface area contributed by atoms with Crippen molar-refractivity contribution in [2.24, 2.45) is 5.92 Å². The fourth-order valence-corrected chi connectivity index (χ4v) is 4.68.